The van der Waals surface area contributed by atoms with Crippen LogP contribution in [0.5, 0.6) is 0 Å². The van der Waals surface area contributed by atoms with Crippen molar-refractivity contribution in [2.45, 2.75) is 24.9 Å². The van der Waals surface area contributed by atoms with Crippen LogP contribution in [0.15, 0.2) is 24.3 Å². The van der Waals surface area contributed by atoms with Gasteiger partial charge < -0.3 is 0 Å². The molecule has 1 rings (SSSR count). The summed E-state index contributed by atoms with van der Waals surface area (Å²) < 4.78 is 11.5. The summed E-state index contributed by atoms with van der Waals surface area (Å²) in [6.45, 7) is 3.89. The molecule has 0 aliphatic heterocycles. The summed E-state index contributed by atoms with van der Waals surface area (Å²) in [4.78, 5) is 0. The third-order valence-corrected chi connectivity index (χ3v) is 3.59. The van der Waals surface area contributed by atoms with E-state index in [1.54, 1.807) is 12.1 Å². The average molecular weight is 207 g/mol. The van der Waals surface area contributed by atoms with Gasteiger partial charge >= 0.3 is 0 Å². The van der Waals surface area contributed by atoms with Crippen molar-refractivity contribution < 1.29 is 4.21 Å². The number of nitrogens with zero attached hydrogens (tertiary/aromatic N) is 1. The highest BCUT2D eigenvalue weighted by Crippen LogP contribution is 2.08. The molecule has 0 saturated carbocycles. The van der Waals surface area contributed by atoms with Crippen molar-refractivity contribution in [1.82, 2.24) is 0 Å². The molecule has 0 spiro atoms. The molecule has 0 radical (unpaired) electrons. The van der Waals surface area contributed by atoms with E-state index in [1.165, 1.54) is 0 Å². The maximum atomic E-state index is 11.5. The minimum atomic E-state index is -0.814. The van der Waals surface area contributed by atoms with Gasteiger partial charge in [0.15, 0.2) is 0 Å². The zero-order chi connectivity index (χ0) is 10.6. The van der Waals surface area contributed by atoms with Gasteiger partial charge in [-0.15, -0.1) is 0 Å². The fraction of sp³-hybridized carbons (Fsp3) is 0.364. The summed E-state index contributed by atoms with van der Waals surface area (Å²) in [6.07, 6.45) is 0. The molecule has 1 atom stereocenters. The minimum absolute atomic E-state index is 0.186. The van der Waals surface area contributed by atoms with Crippen molar-refractivity contribution >= 4 is 10.8 Å². The molecule has 0 fully saturated rings. The molecule has 0 amide bonds. The van der Waals surface area contributed by atoms with Gasteiger partial charge in [-0.1, -0.05) is 26.0 Å². The number of benzene rings is 1. The van der Waals surface area contributed by atoms with Gasteiger partial charge in [-0.2, -0.15) is 5.26 Å². The van der Waals surface area contributed by atoms with Crippen LogP contribution in [0.1, 0.15) is 25.0 Å². The second-order valence-electron chi connectivity index (χ2n) is 3.38. The van der Waals surface area contributed by atoms with Gasteiger partial charge in [0.05, 0.1) is 11.6 Å². The molecule has 0 bridgehead atoms. The lowest BCUT2D eigenvalue weighted by Crippen LogP contribution is -2.07. The molecule has 0 saturated heterocycles. The zero-order valence-electron chi connectivity index (χ0n) is 8.36. The highest BCUT2D eigenvalue weighted by Gasteiger charge is 2.05. The van der Waals surface area contributed by atoms with Crippen molar-refractivity contribution in [2.75, 3.05) is 0 Å². The minimum Gasteiger partial charge on any atom is -0.259 e. The SMILES string of the molecule is CC(C)S(=O)Cc1ccc(C#N)cc1. The Bertz CT molecular complexity index is 362. The first-order valence-corrected chi connectivity index (χ1v) is 5.88. The first-order valence-electron chi connectivity index (χ1n) is 4.49. The Kier molecular flexibility index (Phi) is 3.84. The van der Waals surface area contributed by atoms with Gasteiger partial charge in [0.1, 0.15) is 0 Å². The summed E-state index contributed by atoms with van der Waals surface area (Å²) in [6, 6.07) is 9.29. The molecule has 14 heavy (non-hydrogen) atoms. The van der Waals surface area contributed by atoms with Gasteiger partial charge in [0.2, 0.25) is 0 Å². The van der Waals surface area contributed by atoms with Crippen LogP contribution in [0, 0.1) is 11.3 Å². The van der Waals surface area contributed by atoms with E-state index < -0.39 is 10.8 Å². The van der Waals surface area contributed by atoms with E-state index in [4.69, 9.17) is 5.26 Å². The van der Waals surface area contributed by atoms with Crippen LogP contribution in [-0.2, 0) is 16.6 Å². The summed E-state index contributed by atoms with van der Waals surface area (Å²) in [7, 11) is -0.814. The van der Waals surface area contributed by atoms with Crippen LogP contribution in [0.4, 0.5) is 0 Å². The standard InChI is InChI=1S/C11H13NOS/c1-9(2)14(13)8-11-5-3-10(7-12)4-6-11/h3-6,9H,8H2,1-2H3. The maximum absolute atomic E-state index is 11.5. The summed E-state index contributed by atoms with van der Waals surface area (Å²) in [5, 5.41) is 8.77. The fourth-order valence-electron chi connectivity index (χ4n) is 1.01. The molecule has 0 heterocycles. The maximum Gasteiger partial charge on any atom is 0.0991 e. The molecule has 3 heteroatoms. The third kappa shape index (κ3) is 2.97. The van der Waals surface area contributed by atoms with Gasteiger partial charge in [-0.25, -0.2) is 0 Å². The Morgan fingerprint density at radius 1 is 1.36 bits per heavy atom. The first-order chi connectivity index (χ1) is 6.63. The number of hydrogen-bond acceptors (Lipinski definition) is 2. The van der Waals surface area contributed by atoms with E-state index in [-0.39, 0.29) is 5.25 Å². The Balaban J connectivity index is 2.70. The summed E-state index contributed by atoms with van der Waals surface area (Å²) in [5.74, 6) is 0.573. The molecular weight excluding hydrogens is 194 g/mol. The smallest absolute Gasteiger partial charge is 0.0991 e. The Morgan fingerprint density at radius 3 is 2.36 bits per heavy atom. The molecule has 2 nitrogen and oxygen atoms in total. The fourth-order valence-corrected chi connectivity index (χ4v) is 1.86. The van der Waals surface area contributed by atoms with Crippen molar-refractivity contribution in [3.8, 4) is 6.07 Å². The molecular formula is C11H13NOS. The van der Waals surface area contributed by atoms with Crippen LogP contribution in [0.25, 0.3) is 0 Å². The van der Waals surface area contributed by atoms with E-state index in [0.29, 0.717) is 11.3 Å². The van der Waals surface area contributed by atoms with Gasteiger partial charge in [-0.05, 0) is 17.7 Å². The topological polar surface area (TPSA) is 40.9 Å². The largest absolute Gasteiger partial charge is 0.259 e. The first kappa shape index (κ1) is 10.9. The third-order valence-electron chi connectivity index (χ3n) is 1.92. The summed E-state index contributed by atoms with van der Waals surface area (Å²) in [5.41, 5.74) is 1.67. The van der Waals surface area contributed by atoms with E-state index >= 15 is 0 Å². The highest BCUT2D eigenvalue weighted by atomic mass is 32.2. The van der Waals surface area contributed by atoms with Crippen LogP contribution >= 0.6 is 0 Å². The van der Waals surface area contributed by atoms with Crippen LogP contribution < -0.4 is 0 Å². The van der Waals surface area contributed by atoms with E-state index in [9.17, 15) is 4.21 Å². The Labute approximate surface area is 87.0 Å². The van der Waals surface area contributed by atoms with E-state index in [2.05, 4.69) is 6.07 Å². The predicted octanol–water partition coefficient (Wildman–Crippen LogP) is 2.22. The second kappa shape index (κ2) is 4.92. The molecule has 1 aromatic carbocycles. The molecule has 0 N–H and O–H groups in total. The lowest BCUT2D eigenvalue weighted by molar-refractivity contribution is 0.676. The normalized spacial score (nSPS) is 12.4. The van der Waals surface area contributed by atoms with Crippen LogP contribution in [0.3, 0.4) is 0 Å². The Morgan fingerprint density at radius 2 is 1.93 bits per heavy atom. The van der Waals surface area contributed by atoms with Crippen LogP contribution in [-0.4, -0.2) is 9.46 Å². The van der Waals surface area contributed by atoms with Gasteiger partial charge in [0.25, 0.3) is 0 Å². The highest BCUT2D eigenvalue weighted by molar-refractivity contribution is 7.84. The van der Waals surface area contributed by atoms with Crippen molar-refractivity contribution in [3.05, 3.63) is 35.4 Å². The number of nitriles is 1. The molecule has 0 aromatic heterocycles. The van der Waals surface area contributed by atoms with Crippen molar-refractivity contribution in [3.63, 3.8) is 0 Å². The number of rotatable bonds is 3. The molecule has 74 valence electrons. The van der Waals surface area contributed by atoms with Crippen LogP contribution in [0.2, 0.25) is 0 Å². The zero-order valence-corrected chi connectivity index (χ0v) is 9.17. The lowest BCUT2D eigenvalue weighted by atomic mass is 10.2. The molecule has 1 unspecified atom stereocenters. The van der Waals surface area contributed by atoms with Crippen molar-refractivity contribution in [1.29, 1.82) is 5.26 Å². The molecule has 0 aliphatic rings. The predicted molar refractivity (Wildman–Crippen MR) is 58.1 cm³/mol. The summed E-state index contributed by atoms with van der Waals surface area (Å²) >= 11 is 0. The lowest BCUT2D eigenvalue weighted by Gasteiger charge is -2.04. The average Bonchev–Trinajstić information content (AvgIpc) is 2.19. The monoisotopic (exact) mass is 207 g/mol. The van der Waals surface area contributed by atoms with Gasteiger partial charge in [-0.3, -0.25) is 4.21 Å². The van der Waals surface area contributed by atoms with E-state index in [0.717, 1.165) is 5.56 Å². The second-order valence-corrected chi connectivity index (χ2v) is 5.38. The molecule has 0 aliphatic carbocycles. The Hall–Kier alpha value is -1.14. The van der Waals surface area contributed by atoms with Crippen molar-refractivity contribution in [2.24, 2.45) is 0 Å². The van der Waals surface area contributed by atoms with Gasteiger partial charge in [0, 0.05) is 21.8 Å². The molecule has 1 aromatic rings. The van der Waals surface area contributed by atoms with E-state index in [1.807, 2.05) is 26.0 Å². The number of hydrogen-bond donors (Lipinski definition) is 0. The quantitative estimate of drug-likeness (QED) is 0.762.